The van der Waals surface area contributed by atoms with Gasteiger partial charge in [-0.3, -0.25) is 4.98 Å². The lowest BCUT2D eigenvalue weighted by molar-refractivity contribution is 0.439. The molecule has 2 fully saturated rings. The molecule has 0 spiro atoms. The molecule has 1 aromatic rings. The number of fused-ring (bicyclic) bond motifs is 2. The number of nitrogens with one attached hydrogen (secondary N) is 2. The van der Waals surface area contributed by atoms with E-state index in [0.717, 1.165) is 23.2 Å². The predicted molar refractivity (Wildman–Crippen MR) is 66.6 cm³/mol. The molecular formula is C13H19N3. The van der Waals surface area contributed by atoms with Gasteiger partial charge >= 0.3 is 0 Å². The van der Waals surface area contributed by atoms with Gasteiger partial charge in [0.2, 0.25) is 0 Å². The number of rotatable bonds is 3. The Bertz CT molecular complexity index is 377. The first-order valence-corrected chi connectivity index (χ1v) is 6.24. The normalized spacial score (nSPS) is 31.7. The van der Waals surface area contributed by atoms with Gasteiger partial charge in [0, 0.05) is 13.1 Å². The van der Waals surface area contributed by atoms with E-state index < -0.39 is 0 Å². The molecule has 2 N–H and O–H groups in total. The molecule has 3 atom stereocenters. The molecule has 1 heterocycles. The van der Waals surface area contributed by atoms with Gasteiger partial charge in [0.15, 0.2) is 0 Å². The van der Waals surface area contributed by atoms with Crippen molar-refractivity contribution < 1.29 is 0 Å². The Labute approximate surface area is 96.7 Å². The van der Waals surface area contributed by atoms with Crippen LogP contribution in [0.3, 0.4) is 0 Å². The monoisotopic (exact) mass is 217 g/mol. The number of pyridine rings is 1. The molecule has 0 aliphatic heterocycles. The highest BCUT2D eigenvalue weighted by atomic mass is 15.0. The zero-order valence-electron chi connectivity index (χ0n) is 9.74. The van der Waals surface area contributed by atoms with Gasteiger partial charge in [0.1, 0.15) is 0 Å². The zero-order valence-corrected chi connectivity index (χ0v) is 9.74. The van der Waals surface area contributed by atoms with Crippen LogP contribution in [0.4, 0.5) is 11.4 Å². The van der Waals surface area contributed by atoms with Crippen molar-refractivity contribution in [1.29, 1.82) is 0 Å². The van der Waals surface area contributed by atoms with E-state index in [1.54, 1.807) is 0 Å². The fourth-order valence-corrected chi connectivity index (χ4v) is 3.29. The van der Waals surface area contributed by atoms with Crippen LogP contribution in [0.1, 0.15) is 25.7 Å². The number of nitrogens with zero attached hydrogens (tertiary/aromatic N) is 1. The number of hydrogen-bond acceptors (Lipinski definition) is 3. The number of hydrogen-bond donors (Lipinski definition) is 2. The summed E-state index contributed by atoms with van der Waals surface area (Å²) in [5, 5.41) is 6.77. The van der Waals surface area contributed by atoms with E-state index in [9.17, 15) is 0 Å². The first-order chi connectivity index (χ1) is 7.85. The largest absolute Gasteiger partial charge is 0.387 e. The second-order valence-electron chi connectivity index (χ2n) is 5.14. The molecule has 0 radical (unpaired) electrons. The van der Waals surface area contributed by atoms with Crippen LogP contribution in [-0.4, -0.2) is 18.1 Å². The molecular weight excluding hydrogens is 198 g/mol. The van der Waals surface area contributed by atoms with Crippen molar-refractivity contribution in [3.05, 3.63) is 18.5 Å². The second-order valence-corrected chi connectivity index (χ2v) is 5.14. The van der Waals surface area contributed by atoms with E-state index >= 15 is 0 Å². The molecule has 3 unspecified atom stereocenters. The molecule has 1 aromatic heterocycles. The van der Waals surface area contributed by atoms with Crippen LogP contribution >= 0.6 is 0 Å². The molecule has 86 valence electrons. The fourth-order valence-electron chi connectivity index (χ4n) is 3.29. The minimum Gasteiger partial charge on any atom is -0.387 e. The van der Waals surface area contributed by atoms with Crippen molar-refractivity contribution in [3.8, 4) is 0 Å². The highest BCUT2D eigenvalue weighted by Crippen LogP contribution is 2.45. The van der Waals surface area contributed by atoms with Gasteiger partial charge in [-0.1, -0.05) is 6.42 Å². The van der Waals surface area contributed by atoms with E-state index in [1.807, 2.05) is 19.4 Å². The Hall–Kier alpha value is -1.25. The molecule has 3 rings (SSSR count). The topological polar surface area (TPSA) is 37.0 Å². The van der Waals surface area contributed by atoms with Crippen LogP contribution in [0.2, 0.25) is 0 Å². The highest BCUT2D eigenvalue weighted by molar-refractivity contribution is 5.54. The van der Waals surface area contributed by atoms with Gasteiger partial charge in [-0.25, -0.2) is 0 Å². The summed E-state index contributed by atoms with van der Waals surface area (Å²) in [6.45, 7) is 0. The summed E-state index contributed by atoms with van der Waals surface area (Å²) in [4.78, 5) is 4.23. The molecule has 2 aliphatic rings. The minimum atomic E-state index is 0.688. The third kappa shape index (κ3) is 1.75. The Kier molecular flexibility index (Phi) is 2.46. The minimum absolute atomic E-state index is 0.688. The third-order valence-electron chi connectivity index (χ3n) is 4.12. The summed E-state index contributed by atoms with van der Waals surface area (Å²) in [5.74, 6) is 1.89. The lowest BCUT2D eigenvalue weighted by Gasteiger charge is -2.24. The standard InChI is InChI=1S/C13H19N3/c1-14-11-6-12(8-15-7-11)16-13-5-9-2-3-10(13)4-9/h6-10,13-14,16H,2-5H2,1H3. The van der Waals surface area contributed by atoms with Crippen LogP contribution in [0.5, 0.6) is 0 Å². The summed E-state index contributed by atoms with van der Waals surface area (Å²) in [6.07, 6.45) is 9.45. The van der Waals surface area contributed by atoms with Crippen molar-refractivity contribution in [3.63, 3.8) is 0 Å². The molecule has 0 aromatic carbocycles. The van der Waals surface area contributed by atoms with Gasteiger partial charge < -0.3 is 10.6 Å². The summed E-state index contributed by atoms with van der Waals surface area (Å²) in [7, 11) is 1.93. The maximum absolute atomic E-state index is 4.23. The Morgan fingerprint density at radius 1 is 1.19 bits per heavy atom. The summed E-state index contributed by atoms with van der Waals surface area (Å²) >= 11 is 0. The van der Waals surface area contributed by atoms with E-state index in [4.69, 9.17) is 0 Å². The Morgan fingerprint density at radius 2 is 2.06 bits per heavy atom. The molecule has 0 amide bonds. The third-order valence-corrected chi connectivity index (χ3v) is 4.12. The maximum Gasteiger partial charge on any atom is 0.0549 e. The van der Waals surface area contributed by atoms with E-state index in [1.165, 1.54) is 25.7 Å². The van der Waals surface area contributed by atoms with Crippen LogP contribution in [0.25, 0.3) is 0 Å². The highest BCUT2D eigenvalue weighted by Gasteiger charge is 2.39. The first-order valence-electron chi connectivity index (χ1n) is 6.24. The van der Waals surface area contributed by atoms with E-state index in [0.29, 0.717) is 6.04 Å². The molecule has 0 saturated heterocycles. The van der Waals surface area contributed by atoms with Gasteiger partial charge in [0.25, 0.3) is 0 Å². The average molecular weight is 217 g/mol. The maximum atomic E-state index is 4.23. The van der Waals surface area contributed by atoms with Crippen molar-refractivity contribution in [1.82, 2.24) is 4.98 Å². The SMILES string of the molecule is CNc1cncc(NC2CC3CCC2C3)c1. The summed E-state index contributed by atoms with van der Waals surface area (Å²) in [6, 6.07) is 2.83. The number of anilines is 2. The van der Waals surface area contributed by atoms with Crippen LogP contribution in [0.15, 0.2) is 18.5 Å². The van der Waals surface area contributed by atoms with Gasteiger partial charge in [-0.2, -0.15) is 0 Å². The lowest BCUT2D eigenvalue weighted by atomic mass is 9.95. The zero-order chi connectivity index (χ0) is 11.0. The lowest BCUT2D eigenvalue weighted by Crippen LogP contribution is -2.25. The summed E-state index contributed by atoms with van der Waals surface area (Å²) < 4.78 is 0. The first kappa shape index (κ1) is 9.94. The van der Waals surface area contributed by atoms with Gasteiger partial charge in [-0.05, 0) is 37.2 Å². The van der Waals surface area contributed by atoms with Gasteiger partial charge in [0.05, 0.1) is 23.8 Å². The average Bonchev–Trinajstić information content (AvgIpc) is 2.91. The molecule has 3 nitrogen and oxygen atoms in total. The van der Waals surface area contributed by atoms with Crippen molar-refractivity contribution in [2.75, 3.05) is 17.7 Å². The predicted octanol–water partition coefficient (Wildman–Crippen LogP) is 2.72. The van der Waals surface area contributed by atoms with Crippen molar-refractivity contribution in [2.45, 2.75) is 31.7 Å². The Morgan fingerprint density at radius 3 is 2.75 bits per heavy atom. The van der Waals surface area contributed by atoms with E-state index in [2.05, 4.69) is 21.7 Å². The van der Waals surface area contributed by atoms with Crippen LogP contribution in [0, 0.1) is 11.8 Å². The smallest absolute Gasteiger partial charge is 0.0549 e. The number of aromatic nitrogens is 1. The molecule has 2 saturated carbocycles. The quantitative estimate of drug-likeness (QED) is 0.817. The molecule has 2 bridgehead atoms. The second kappa shape index (κ2) is 3.96. The molecule has 3 heteroatoms. The van der Waals surface area contributed by atoms with E-state index in [-0.39, 0.29) is 0 Å². The Balaban J connectivity index is 1.69. The van der Waals surface area contributed by atoms with Crippen molar-refractivity contribution >= 4 is 11.4 Å². The van der Waals surface area contributed by atoms with Crippen LogP contribution in [-0.2, 0) is 0 Å². The van der Waals surface area contributed by atoms with Gasteiger partial charge in [-0.15, -0.1) is 0 Å². The van der Waals surface area contributed by atoms with Crippen molar-refractivity contribution in [2.24, 2.45) is 11.8 Å². The molecule has 2 aliphatic carbocycles. The fraction of sp³-hybridized carbons (Fsp3) is 0.615. The molecule has 16 heavy (non-hydrogen) atoms. The van der Waals surface area contributed by atoms with Crippen LogP contribution < -0.4 is 10.6 Å². The summed E-state index contributed by atoms with van der Waals surface area (Å²) in [5.41, 5.74) is 2.23.